The van der Waals surface area contributed by atoms with Crippen LogP contribution in [0.4, 0.5) is 0 Å². The normalized spacial score (nSPS) is 15.8. The van der Waals surface area contributed by atoms with Gasteiger partial charge in [0.15, 0.2) is 5.16 Å². The molecule has 130 valence electrons. The fourth-order valence-electron chi connectivity index (χ4n) is 3.04. The number of carbonyl (C=O) groups is 1. The minimum absolute atomic E-state index is 0.0739. The lowest BCUT2D eigenvalue weighted by atomic mass is 10.1. The number of aryl methyl sites for hydroxylation is 2. The third-order valence-corrected chi connectivity index (χ3v) is 5.49. The average Bonchev–Trinajstić information content (AvgIpc) is 2.96. The first kappa shape index (κ1) is 17.3. The second kappa shape index (κ2) is 8.03. The second-order valence-electron chi connectivity index (χ2n) is 6.54. The molecule has 24 heavy (non-hydrogen) atoms. The number of hydrogen-bond acceptors (Lipinski definition) is 4. The molecule has 0 aliphatic carbocycles. The van der Waals surface area contributed by atoms with Gasteiger partial charge in [0.05, 0.1) is 16.8 Å². The SMILES string of the molecule is Cc1cc2nc(SCC(=O)NCCN3CCCCC3)[nH]c2cc1C. The van der Waals surface area contributed by atoms with Crippen molar-refractivity contribution >= 4 is 28.7 Å². The van der Waals surface area contributed by atoms with Crippen LogP contribution in [0.2, 0.25) is 0 Å². The molecule has 1 aromatic carbocycles. The van der Waals surface area contributed by atoms with Crippen LogP contribution in [0.1, 0.15) is 30.4 Å². The van der Waals surface area contributed by atoms with Crippen molar-refractivity contribution in [1.82, 2.24) is 20.2 Å². The van der Waals surface area contributed by atoms with Crippen LogP contribution in [-0.2, 0) is 4.79 Å². The lowest BCUT2D eigenvalue weighted by Crippen LogP contribution is -2.38. The van der Waals surface area contributed by atoms with E-state index in [4.69, 9.17) is 0 Å². The number of aromatic amines is 1. The number of H-pyrrole nitrogens is 1. The van der Waals surface area contributed by atoms with Crippen LogP contribution in [0, 0.1) is 13.8 Å². The molecular weight excluding hydrogens is 320 g/mol. The minimum atomic E-state index is 0.0739. The molecule has 0 radical (unpaired) electrons. The Balaban J connectivity index is 1.44. The lowest BCUT2D eigenvalue weighted by Gasteiger charge is -2.26. The van der Waals surface area contributed by atoms with Gasteiger partial charge in [-0.3, -0.25) is 4.79 Å². The zero-order valence-electron chi connectivity index (χ0n) is 14.5. The Morgan fingerprint density at radius 2 is 2.00 bits per heavy atom. The molecule has 0 saturated carbocycles. The Morgan fingerprint density at radius 3 is 2.79 bits per heavy atom. The molecule has 2 aromatic rings. The van der Waals surface area contributed by atoms with Crippen LogP contribution in [0.5, 0.6) is 0 Å². The van der Waals surface area contributed by atoms with E-state index >= 15 is 0 Å². The molecule has 0 bridgehead atoms. The summed E-state index contributed by atoms with van der Waals surface area (Å²) in [5.74, 6) is 0.474. The standard InChI is InChI=1S/C18H26N4OS/c1-13-10-15-16(11-14(13)2)21-18(20-15)24-12-17(23)19-6-9-22-7-4-3-5-8-22/h10-11H,3-9,12H2,1-2H3,(H,19,23)(H,20,21). The van der Waals surface area contributed by atoms with Crippen LogP contribution < -0.4 is 5.32 Å². The fraction of sp³-hybridized carbons (Fsp3) is 0.556. The van der Waals surface area contributed by atoms with Gasteiger partial charge in [0.1, 0.15) is 0 Å². The number of benzene rings is 1. The fourth-order valence-corrected chi connectivity index (χ4v) is 3.75. The monoisotopic (exact) mass is 346 g/mol. The Hall–Kier alpha value is -1.53. The molecule has 0 atom stereocenters. The van der Waals surface area contributed by atoms with Gasteiger partial charge in [-0.2, -0.15) is 0 Å². The number of imidazole rings is 1. The van der Waals surface area contributed by atoms with Crippen molar-refractivity contribution in [2.45, 2.75) is 38.3 Å². The summed E-state index contributed by atoms with van der Waals surface area (Å²) in [6.07, 6.45) is 3.92. The van der Waals surface area contributed by atoms with Gasteiger partial charge >= 0.3 is 0 Å². The van der Waals surface area contributed by atoms with E-state index in [1.165, 1.54) is 55.2 Å². The molecule has 1 saturated heterocycles. The Bertz CT molecular complexity index is 667. The van der Waals surface area contributed by atoms with Gasteiger partial charge in [0, 0.05) is 13.1 Å². The van der Waals surface area contributed by atoms with Crippen LogP contribution in [0.25, 0.3) is 11.0 Å². The molecule has 0 spiro atoms. The van der Waals surface area contributed by atoms with E-state index in [2.05, 4.69) is 46.2 Å². The number of fused-ring (bicyclic) bond motifs is 1. The van der Waals surface area contributed by atoms with Gasteiger partial charge in [0.2, 0.25) is 5.91 Å². The van der Waals surface area contributed by atoms with E-state index < -0.39 is 0 Å². The summed E-state index contributed by atoms with van der Waals surface area (Å²) >= 11 is 1.46. The molecule has 1 aliphatic heterocycles. The maximum Gasteiger partial charge on any atom is 0.230 e. The second-order valence-corrected chi connectivity index (χ2v) is 7.50. The van der Waals surface area contributed by atoms with Crippen LogP contribution >= 0.6 is 11.8 Å². The van der Waals surface area contributed by atoms with Gasteiger partial charge in [-0.15, -0.1) is 0 Å². The Morgan fingerprint density at radius 1 is 1.25 bits per heavy atom. The van der Waals surface area contributed by atoms with Gasteiger partial charge in [-0.1, -0.05) is 18.2 Å². The number of likely N-dealkylation sites (tertiary alicyclic amines) is 1. The quantitative estimate of drug-likeness (QED) is 0.790. The van der Waals surface area contributed by atoms with Crippen molar-refractivity contribution in [3.8, 4) is 0 Å². The summed E-state index contributed by atoms with van der Waals surface area (Å²) in [5, 5.41) is 3.82. The number of thioether (sulfide) groups is 1. The first-order chi connectivity index (χ1) is 11.6. The highest BCUT2D eigenvalue weighted by Crippen LogP contribution is 2.22. The molecule has 3 rings (SSSR count). The topological polar surface area (TPSA) is 61.0 Å². The summed E-state index contributed by atoms with van der Waals surface area (Å²) in [4.78, 5) is 22.3. The van der Waals surface area contributed by atoms with Crippen LogP contribution in [-0.4, -0.2) is 52.7 Å². The number of nitrogens with one attached hydrogen (secondary N) is 2. The van der Waals surface area contributed by atoms with E-state index in [0.717, 1.165) is 29.3 Å². The molecule has 1 fully saturated rings. The number of amides is 1. The molecule has 1 aliphatic rings. The average molecular weight is 347 g/mol. The van der Waals surface area contributed by atoms with E-state index in [0.29, 0.717) is 5.75 Å². The predicted molar refractivity (Wildman–Crippen MR) is 99.6 cm³/mol. The highest BCUT2D eigenvalue weighted by Gasteiger charge is 2.11. The van der Waals surface area contributed by atoms with E-state index in [-0.39, 0.29) is 5.91 Å². The van der Waals surface area contributed by atoms with E-state index in [1.807, 2.05) is 0 Å². The van der Waals surface area contributed by atoms with E-state index in [1.54, 1.807) is 0 Å². The summed E-state index contributed by atoms with van der Waals surface area (Å²) < 4.78 is 0. The lowest BCUT2D eigenvalue weighted by molar-refractivity contribution is -0.118. The number of piperidine rings is 1. The minimum Gasteiger partial charge on any atom is -0.354 e. The molecule has 6 heteroatoms. The molecular formula is C18H26N4OS. The molecule has 2 N–H and O–H groups in total. The number of hydrogen-bond donors (Lipinski definition) is 2. The summed E-state index contributed by atoms with van der Waals surface area (Å²) in [6.45, 7) is 8.21. The first-order valence-corrected chi connectivity index (χ1v) is 9.69. The molecule has 2 heterocycles. The van der Waals surface area contributed by atoms with Crippen molar-refractivity contribution < 1.29 is 4.79 Å². The first-order valence-electron chi connectivity index (χ1n) is 8.70. The van der Waals surface area contributed by atoms with Gasteiger partial charge in [0.25, 0.3) is 0 Å². The van der Waals surface area contributed by atoms with Crippen LogP contribution in [0.15, 0.2) is 17.3 Å². The zero-order chi connectivity index (χ0) is 16.9. The number of aromatic nitrogens is 2. The number of carbonyl (C=O) groups excluding carboxylic acids is 1. The van der Waals surface area contributed by atoms with Gasteiger partial charge in [-0.05, 0) is 63.0 Å². The van der Waals surface area contributed by atoms with Gasteiger partial charge in [-0.25, -0.2) is 4.98 Å². The highest BCUT2D eigenvalue weighted by atomic mass is 32.2. The summed E-state index contributed by atoms with van der Waals surface area (Å²) in [6, 6.07) is 4.20. The molecule has 0 unspecified atom stereocenters. The molecule has 1 amide bonds. The van der Waals surface area contributed by atoms with Crippen molar-refractivity contribution in [2.24, 2.45) is 0 Å². The molecule has 5 nitrogen and oxygen atoms in total. The Kier molecular flexibility index (Phi) is 5.79. The van der Waals surface area contributed by atoms with Crippen molar-refractivity contribution in [1.29, 1.82) is 0 Å². The van der Waals surface area contributed by atoms with Crippen molar-refractivity contribution in [3.05, 3.63) is 23.3 Å². The zero-order valence-corrected chi connectivity index (χ0v) is 15.3. The maximum absolute atomic E-state index is 12.0. The third kappa shape index (κ3) is 4.51. The number of rotatable bonds is 6. The summed E-state index contributed by atoms with van der Waals surface area (Å²) in [7, 11) is 0. The maximum atomic E-state index is 12.0. The smallest absolute Gasteiger partial charge is 0.230 e. The summed E-state index contributed by atoms with van der Waals surface area (Å²) in [5.41, 5.74) is 4.48. The van der Waals surface area contributed by atoms with Crippen molar-refractivity contribution in [3.63, 3.8) is 0 Å². The third-order valence-electron chi connectivity index (χ3n) is 4.61. The largest absolute Gasteiger partial charge is 0.354 e. The van der Waals surface area contributed by atoms with Gasteiger partial charge < -0.3 is 15.2 Å². The predicted octanol–water partition coefficient (Wildman–Crippen LogP) is 2.87. The molecule has 1 aromatic heterocycles. The van der Waals surface area contributed by atoms with Crippen molar-refractivity contribution in [2.75, 3.05) is 31.9 Å². The Labute approximate surface area is 147 Å². The van der Waals surface area contributed by atoms with E-state index in [9.17, 15) is 4.79 Å². The van der Waals surface area contributed by atoms with Crippen LogP contribution in [0.3, 0.4) is 0 Å². The highest BCUT2D eigenvalue weighted by molar-refractivity contribution is 7.99. The number of nitrogens with zero attached hydrogens (tertiary/aromatic N) is 2.